The average Bonchev–Trinajstić information content (AvgIpc) is 2.96. The van der Waals surface area contributed by atoms with Gasteiger partial charge in [0.25, 0.3) is 11.8 Å². The van der Waals surface area contributed by atoms with Gasteiger partial charge in [0.05, 0.1) is 0 Å². The lowest BCUT2D eigenvalue weighted by molar-refractivity contribution is -0.126. The normalized spacial score (nSPS) is 20.4. The Labute approximate surface area is 161 Å². The molecular formula is C21H16ClN3O2. The number of nitrogens with one attached hydrogen (secondary N) is 1. The predicted molar refractivity (Wildman–Crippen MR) is 104 cm³/mol. The molecule has 0 aromatic heterocycles. The number of amidine groups is 1. The summed E-state index contributed by atoms with van der Waals surface area (Å²) in [5, 5.41) is 3.53. The Morgan fingerprint density at radius 2 is 1.81 bits per heavy atom. The van der Waals surface area contributed by atoms with Crippen LogP contribution < -0.4 is 5.32 Å². The van der Waals surface area contributed by atoms with Crippen LogP contribution >= 0.6 is 11.6 Å². The molecule has 0 saturated heterocycles. The largest absolute Gasteiger partial charge is 0.321 e. The highest BCUT2D eigenvalue weighted by Gasteiger charge is 2.50. The van der Waals surface area contributed by atoms with E-state index in [1.165, 1.54) is 0 Å². The van der Waals surface area contributed by atoms with E-state index in [1.807, 2.05) is 24.3 Å². The van der Waals surface area contributed by atoms with Gasteiger partial charge in [0.15, 0.2) is 0 Å². The van der Waals surface area contributed by atoms with Crippen LogP contribution in [-0.4, -0.2) is 28.2 Å². The number of nitrogens with zero attached hydrogens (tertiary/aromatic N) is 2. The van der Waals surface area contributed by atoms with E-state index in [4.69, 9.17) is 11.6 Å². The van der Waals surface area contributed by atoms with Crippen LogP contribution in [0.5, 0.6) is 0 Å². The molecule has 0 saturated carbocycles. The third kappa shape index (κ3) is 3.17. The molecule has 2 aromatic rings. The number of benzene rings is 2. The summed E-state index contributed by atoms with van der Waals surface area (Å²) in [6.45, 7) is 0. The first-order chi connectivity index (χ1) is 13.1. The van der Waals surface area contributed by atoms with Crippen molar-refractivity contribution in [2.24, 2.45) is 4.99 Å². The number of carbonyl (C=O) groups excluding carboxylic acids is 2. The second-order valence-electron chi connectivity index (χ2n) is 6.33. The van der Waals surface area contributed by atoms with Crippen LogP contribution in [0.3, 0.4) is 0 Å². The van der Waals surface area contributed by atoms with E-state index in [0.717, 1.165) is 5.56 Å². The first-order valence-electron chi connectivity index (χ1n) is 8.48. The minimum atomic E-state index is -1.32. The number of allylic oxidation sites excluding steroid dienone is 2. The van der Waals surface area contributed by atoms with Crippen LogP contribution in [0.15, 0.2) is 84.0 Å². The monoisotopic (exact) mass is 377 g/mol. The zero-order chi connectivity index (χ0) is 18.9. The fraction of sp³-hybridized carbons (Fsp3) is 0.0952. The van der Waals surface area contributed by atoms with Gasteiger partial charge < -0.3 is 10.2 Å². The Hall–Kier alpha value is -3.18. The molecule has 0 aliphatic carbocycles. The molecule has 2 amide bonds. The molecule has 2 aliphatic rings. The lowest BCUT2D eigenvalue weighted by atomic mass is 9.96. The standard InChI is InChI=1S/C21H16ClN3O2/c22-17-11-9-15(10-12-17)14-21(24-19(26)16-6-2-1-3-7-16)20(27)23-18-8-4-5-13-25(18)21/h1-13H,14H2,(H,24,26). The number of amides is 2. The smallest absolute Gasteiger partial charge is 0.295 e. The van der Waals surface area contributed by atoms with E-state index < -0.39 is 11.6 Å². The second kappa shape index (κ2) is 6.85. The number of carbonyl (C=O) groups is 2. The van der Waals surface area contributed by atoms with Gasteiger partial charge in [-0.3, -0.25) is 9.59 Å². The molecule has 0 bridgehead atoms. The van der Waals surface area contributed by atoms with Crippen molar-refractivity contribution < 1.29 is 9.59 Å². The van der Waals surface area contributed by atoms with Crippen molar-refractivity contribution in [3.05, 3.63) is 95.2 Å². The summed E-state index contributed by atoms with van der Waals surface area (Å²) in [6, 6.07) is 16.0. The van der Waals surface area contributed by atoms with Crippen molar-refractivity contribution >= 4 is 29.3 Å². The number of fused-ring (bicyclic) bond motifs is 1. The fourth-order valence-electron chi connectivity index (χ4n) is 3.21. The van der Waals surface area contributed by atoms with Crippen LogP contribution in [0.4, 0.5) is 0 Å². The lowest BCUT2D eigenvalue weighted by Crippen LogP contribution is -2.63. The van der Waals surface area contributed by atoms with Gasteiger partial charge in [-0.05, 0) is 42.0 Å². The summed E-state index contributed by atoms with van der Waals surface area (Å²) >= 11 is 5.98. The van der Waals surface area contributed by atoms with E-state index in [-0.39, 0.29) is 12.3 Å². The van der Waals surface area contributed by atoms with Crippen LogP contribution in [0, 0.1) is 0 Å². The van der Waals surface area contributed by atoms with Gasteiger partial charge in [-0.2, -0.15) is 4.99 Å². The lowest BCUT2D eigenvalue weighted by Gasteiger charge is -2.37. The first-order valence-corrected chi connectivity index (χ1v) is 8.86. The van der Waals surface area contributed by atoms with Crippen molar-refractivity contribution in [3.63, 3.8) is 0 Å². The molecule has 1 unspecified atom stereocenters. The van der Waals surface area contributed by atoms with Crippen molar-refractivity contribution in [2.75, 3.05) is 0 Å². The molecule has 5 nitrogen and oxygen atoms in total. The highest BCUT2D eigenvalue weighted by atomic mass is 35.5. The van der Waals surface area contributed by atoms with Crippen LogP contribution in [0.1, 0.15) is 15.9 Å². The number of halogens is 1. The first kappa shape index (κ1) is 17.2. The molecule has 2 aliphatic heterocycles. The minimum absolute atomic E-state index is 0.257. The van der Waals surface area contributed by atoms with Gasteiger partial charge in [0.2, 0.25) is 5.66 Å². The average molecular weight is 378 g/mol. The molecule has 1 atom stereocenters. The maximum absolute atomic E-state index is 13.0. The Balaban J connectivity index is 1.72. The SMILES string of the molecule is O=C(NC1(Cc2ccc(Cl)cc2)C(=O)N=C2C=CC=CN21)c1ccccc1. The molecule has 0 fully saturated rings. The zero-order valence-corrected chi connectivity index (χ0v) is 15.1. The Kier molecular flexibility index (Phi) is 4.38. The summed E-state index contributed by atoms with van der Waals surface area (Å²) in [6.07, 6.45) is 7.37. The van der Waals surface area contributed by atoms with E-state index >= 15 is 0 Å². The number of aliphatic imine (C=N–C) groups is 1. The maximum Gasteiger partial charge on any atom is 0.295 e. The van der Waals surface area contributed by atoms with Crippen LogP contribution in [-0.2, 0) is 11.2 Å². The third-order valence-corrected chi connectivity index (χ3v) is 4.80. The molecule has 2 aromatic carbocycles. The summed E-state index contributed by atoms with van der Waals surface area (Å²) in [4.78, 5) is 31.7. The summed E-state index contributed by atoms with van der Waals surface area (Å²) in [7, 11) is 0. The predicted octanol–water partition coefficient (Wildman–Crippen LogP) is 3.33. The van der Waals surface area contributed by atoms with Gasteiger partial charge in [0, 0.05) is 23.2 Å². The van der Waals surface area contributed by atoms with Crippen LogP contribution in [0.25, 0.3) is 0 Å². The molecule has 27 heavy (non-hydrogen) atoms. The van der Waals surface area contributed by atoms with Crippen molar-refractivity contribution in [1.29, 1.82) is 0 Å². The topological polar surface area (TPSA) is 61.8 Å². The molecule has 134 valence electrons. The zero-order valence-electron chi connectivity index (χ0n) is 14.3. The van der Waals surface area contributed by atoms with E-state index in [0.29, 0.717) is 16.4 Å². The van der Waals surface area contributed by atoms with Gasteiger partial charge in [-0.15, -0.1) is 0 Å². The fourth-order valence-corrected chi connectivity index (χ4v) is 3.34. The van der Waals surface area contributed by atoms with Crippen molar-refractivity contribution in [3.8, 4) is 0 Å². The molecule has 0 spiro atoms. The van der Waals surface area contributed by atoms with Gasteiger partial charge in [0.1, 0.15) is 5.84 Å². The van der Waals surface area contributed by atoms with E-state index in [9.17, 15) is 9.59 Å². The maximum atomic E-state index is 13.0. The van der Waals surface area contributed by atoms with Gasteiger partial charge in [-0.25, -0.2) is 0 Å². The summed E-state index contributed by atoms with van der Waals surface area (Å²) in [5.74, 6) is -0.241. The third-order valence-electron chi connectivity index (χ3n) is 4.55. The van der Waals surface area contributed by atoms with Crippen molar-refractivity contribution in [1.82, 2.24) is 10.2 Å². The molecule has 0 radical (unpaired) electrons. The molecule has 6 heteroatoms. The number of hydrogen-bond acceptors (Lipinski definition) is 3. The number of hydrogen-bond donors (Lipinski definition) is 1. The quantitative estimate of drug-likeness (QED) is 0.889. The van der Waals surface area contributed by atoms with E-state index in [2.05, 4.69) is 10.3 Å². The summed E-state index contributed by atoms with van der Waals surface area (Å²) < 4.78 is 0. The summed E-state index contributed by atoms with van der Waals surface area (Å²) in [5.41, 5.74) is 0.0171. The Morgan fingerprint density at radius 1 is 1.07 bits per heavy atom. The molecule has 2 heterocycles. The highest BCUT2D eigenvalue weighted by molar-refractivity contribution is 6.30. The Morgan fingerprint density at radius 3 is 2.56 bits per heavy atom. The molecular weight excluding hydrogens is 362 g/mol. The second-order valence-corrected chi connectivity index (χ2v) is 6.77. The van der Waals surface area contributed by atoms with Crippen molar-refractivity contribution in [2.45, 2.75) is 12.1 Å². The number of rotatable bonds is 4. The van der Waals surface area contributed by atoms with Gasteiger partial charge in [-0.1, -0.05) is 48.0 Å². The van der Waals surface area contributed by atoms with Crippen LogP contribution in [0.2, 0.25) is 5.02 Å². The Bertz CT molecular complexity index is 980. The highest BCUT2D eigenvalue weighted by Crippen LogP contribution is 2.30. The van der Waals surface area contributed by atoms with Gasteiger partial charge >= 0.3 is 0 Å². The molecule has 4 rings (SSSR count). The van der Waals surface area contributed by atoms with E-state index in [1.54, 1.807) is 59.7 Å². The minimum Gasteiger partial charge on any atom is -0.321 e. The molecule has 1 N–H and O–H groups in total.